The Labute approximate surface area is 329 Å². The van der Waals surface area contributed by atoms with Gasteiger partial charge in [-0.15, -0.1) is 4.78 Å². The van der Waals surface area contributed by atoms with Crippen LogP contribution in [0.4, 0.5) is 0 Å². The number of benzene rings is 3. The van der Waals surface area contributed by atoms with Crippen molar-refractivity contribution in [2.45, 2.75) is 37.9 Å². The summed E-state index contributed by atoms with van der Waals surface area (Å²) in [7, 11) is 0.159. The normalized spacial score (nSPS) is 12.9. The summed E-state index contributed by atoms with van der Waals surface area (Å²) in [5.74, 6) is 0. The summed E-state index contributed by atoms with van der Waals surface area (Å²) in [6, 6.07) is 28.7. The van der Waals surface area contributed by atoms with E-state index in [4.69, 9.17) is 27.1 Å². The molecule has 0 amide bonds. The third-order valence-electron chi connectivity index (χ3n) is 5.00. The van der Waals surface area contributed by atoms with Crippen molar-refractivity contribution < 1.29 is 97.2 Å². The van der Waals surface area contributed by atoms with E-state index in [9.17, 15) is 0 Å². The number of methoxy groups -OCH3 is 1. The zero-order valence-corrected chi connectivity index (χ0v) is 39.1. The maximum atomic E-state index is 8.85. The van der Waals surface area contributed by atoms with E-state index in [1.807, 2.05) is 98.5 Å². The number of azide groups is 2. The molecule has 244 valence electrons. The molecule has 3 aromatic carbocycles. The molecule has 1 saturated heterocycles. The number of ether oxygens (including phenoxy) is 2. The summed E-state index contributed by atoms with van der Waals surface area (Å²) in [5, 5.41) is 16.6. The molecular weight excluding hydrogens is 1080 g/mol. The Morgan fingerprint density at radius 1 is 0.844 bits per heavy atom. The zero-order valence-electron chi connectivity index (χ0n) is 28.4. The first-order valence-corrected chi connectivity index (χ1v) is 15.8. The minimum Gasteiger partial charge on any atom is -0.396 e. The van der Waals surface area contributed by atoms with Crippen molar-refractivity contribution >= 4 is 8.24 Å². The molecule has 10 nitrogen and oxygen atoms in total. The van der Waals surface area contributed by atoms with E-state index in [-0.39, 0.29) is 119 Å². The molecule has 1 heterocycles. The van der Waals surface area contributed by atoms with E-state index in [1.54, 1.807) is 7.11 Å². The van der Waals surface area contributed by atoms with Crippen molar-refractivity contribution in [3.63, 3.8) is 0 Å². The number of epoxide rings is 1. The van der Waals surface area contributed by atoms with Crippen molar-refractivity contribution in [1.82, 2.24) is 0 Å². The van der Waals surface area contributed by atoms with Gasteiger partial charge in [-0.3, -0.25) is 0 Å². The summed E-state index contributed by atoms with van der Waals surface area (Å²) >= 11 is 0. The van der Waals surface area contributed by atoms with Crippen LogP contribution in [0, 0.1) is 22.3 Å². The number of nitrogens with zero attached hydrogens (tertiary/aromatic N) is 6. The van der Waals surface area contributed by atoms with Gasteiger partial charge in [0.15, 0.2) is 0 Å². The van der Waals surface area contributed by atoms with Gasteiger partial charge in [0.2, 0.25) is 1.43 Å². The van der Waals surface area contributed by atoms with Gasteiger partial charge in [0.05, 0.1) is 25.9 Å². The van der Waals surface area contributed by atoms with Gasteiger partial charge in [-0.05, 0) is 32.7 Å². The van der Waals surface area contributed by atoms with Crippen LogP contribution in [-0.2, 0) is 87.0 Å². The maximum Gasteiger partial charge on any atom is 0.210 e. The Kier molecular flexibility index (Phi) is 40.7. The molecule has 2 N–H and O–H groups in total. The van der Waals surface area contributed by atoms with Crippen LogP contribution in [0.15, 0.2) is 101 Å². The number of hydrogen-bond donors (Lipinski definition) is 2. The summed E-state index contributed by atoms with van der Waals surface area (Å²) in [6.45, 7) is 6.99. The maximum absolute atomic E-state index is 8.85. The standard InChI is InChI=1S/C9H12O2.C8H9N3O.C8H8O.C3H9N3Si.3CH3.3Hf/c1-11-9(7-10)8-5-3-2-4-6-8;9-11-10-8(6-12)7-4-2-1-3-5-7;1-2-4-7(5-3-1)8-6-9-8;1-7(2,3)6-5-4;;;;;;/h2-6,9-10H,7H2,1H3;1-5,8,12H,6H2;1-5,8H,6H2;1-3H3;3*1H3;;;/q;;;;3*-1;;;/t9-;2*8-;;;;;;;/m110......./s1/i10D;;;;;;;;;. The van der Waals surface area contributed by atoms with Crippen molar-refractivity contribution in [3.8, 4) is 0 Å². The van der Waals surface area contributed by atoms with Gasteiger partial charge in [0.1, 0.15) is 20.4 Å². The number of hydrogen-bond acceptors (Lipinski definition) is 6. The number of aliphatic hydroxyl groups is 2. The van der Waals surface area contributed by atoms with Gasteiger partial charge < -0.3 is 42.0 Å². The molecule has 1 aliphatic rings. The average molecular weight is 1130 g/mol. The van der Waals surface area contributed by atoms with Gasteiger partial charge >= 0.3 is 0 Å². The second kappa shape index (κ2) is 34.3. The smallest absolute Gasteiger partial charge is 0.210 e. The van der Waals surface area contributed by atoms with Crippen LogP contribution in [0.3, 0.4) is 0 Å². The number of aliphatic hydroxyl groups excluding tert-OH is 2. The van der Waals surface area contributed by atoms with E-state index in [0.717, 1.165) is 17.7 Å². The number of rotatable bonds is 9. The largest absolute Gasteiger partial charge is 0.396 e. The molecule has 0 aliphatic carbocycles. The molecule has 0 aromatic heterocycles. The first kappa shape index (κ1) is 53.4. The molecule has 0 saturated carbocycles. The molecule has 1 fully saturated rings. The first-order chi connectivity index (χ1) is 19.3. The van der Waals surface area contributed by atoms with Crippen LogP contribution >= 0.6 is 0 Å². The first-order valence-electron chi connectivity index (χ1n) is 12.8. The molecule has 45 heavy (non-hydrogen) atoms. The predicted molar refractivity (Wildman–Crippen MR) is 176 cm³/mol. The molecule has 1 aliphatic heterocycles. The third kappa shape index (κ3) is 27.7. The van der Waals surface area contributed by atoms with Crippen molar-refractivity contribution in [3.05, 3.63) is 151 Å². The van der Waals surface area contributed by atoms with E-state index < -0.39 is 14.3 Å². The third-order valence-corrected chi connectivity index (χ3v) is 5.69. The van der Waals surface area contributed by atoms with Crippen molar-refractivity contribution in [1.29, 1.82) is 1.43 Å². The van der Waals surface area contributed by atoms with Crippen LogP contribution in [0.1, 0.15) is 34.9 Å². The second-order valence-electron chi connectivity index (χ2n) is 9.21. The minimum absolute atomic E-state index is 0. The monoisotopic (exact) mass is 1140 g/mol. The summed E-state index contributed by atoms with van der Waals surface area (Å²) in [6.07, 6.45) is 0.273. The van der Waals surface area contributed by atoms with Crippen LogP contribution in [0.2, 0.25) is 19.6 Å². The second-order valence-corrected chi connectivity index (χ2v) is 13.8. The molecule has 14 heteroatoms. The Balaban J connectivity index is -0.000000113. The molecule has 3 atom stereocenters. The van der Waals surface area contributed by atoms with Crippen molar-refractivity contribution in [2.75, 3.05) is 26.9 Å². The van der Waals surface area contributed by atoms with Crippen LogP contribution in [0.5, 0.6) is 0 Å². The predicted octanol–water partition coefficient (Wildman–Crippen LogP) is 8.63. The molecule has 0 spiro atoms. The fourth-order valence-electron chi connectivity index (χ4n) is 2.96. The SMILES string of the molecule is C[Si](C)(C)N=[N+]=[N-].[2H]OC[C@@H](OC)c1ccccc1.[CH3-].[CH3-].[CH3-].[Hf].[Hf].[Hf].[N-]=[N+]=N[C@H](CO)c1ccccc1.c1ccc([C@@H]2CO2)cc1. The molecule has 0 unspecified atom stereocenters. The van der Waals surface area contributed by atoms with Gasteiger partial charge in [0, 0.05) is 89.6 Å². The minimum atomic E-state index is -1.45. The molecule has 4 rings (SSSR count). The van der Waals surface area contributed by atoms with Gasteiger partial charge in [-0.25, -0.2) is 0 Å². The van der Waals surface area contributed by atoms with Crippen LogP contribution in [0.25, 0.3) is 20.9 Å². The van der Waals surface area contributed by atoms with Crippen molar-refractivity contribution in [2.24, 2.45) is 9.89 Å². The quantitative estimate of drug-likeness (QED) is 0.0549. The van der Waals surface area contributed by atoms with Gasteiger partial charge in [-0.2, -0.15) is 0 Å². The molecule has 3 aromatic rings. The Morgan fingerprint density at radius 2 is 1.29 bits per heavy atom. The summed E-state index contributed by atoms with van der Waals surface area (Å²) in [4.78, 5) is 5.34. The fourth-order valence-corrected chi connectivity index (χ4v) is 3.22. The average Bonchev–Trinajstić information content (AvgIpc) is 3.82. The molecular formula is C31H47Hf3N6O4Si-3. The van der Waals surface area contributed by atoms with Gasteiger partial charge in [0.25, 0.3) is 0 Å². The Bertz CT molecular complexity index is 1170. The van der Waals surface area contributed by atoms with Gasteiger partial charge in [-0.1, -0.05) is 116 Å². The Hall–Kier alpha value is -1.05. The summed E-state index contributed by atoms with van der Waals surface area (Å²) < 4.78 is 20.4. The zero-order chi connectivity index (χ0) is 29.6. The topological polar surface area (TPSA) is 160 Å². The summed E-state index contributed by atoms with van der Waals surface area (Å²) in [5.41, 5.74) is 19.2. The van der Waals surface area contributed by atoms with E-state index in [1.165, 1.54) is 5.56 Å². The fraction of sp³-hybridized carbons (Fsp3) is 0.323. The van der Waals surface area contributed by atoms with Crippen LogP contribution in [-0.4, -0.2) is 46.8 Å². The van der Waals surface area contributed by atoms with E-state index in [2.05, 4.69) is 37.0 Å². The Morgan fingerprint density at radius 3 is 1.60 bits per heavy atom. The molecule has 0 radical (unpaired) electrons. The van der Waals surface area contributed by atoms with E-state index in [0.29, 0.717) is 6.10 Å². The molecule has 0 bridgehead atoms. The van der Waals surface area contributed by atoms with Crippen LogP contribution < -0.4 is 0 Å². The van der Waals surface area contributed by atoms with E-state index >= 15 is 0 Å².